The third kappa shape index (κ3) is 4.12. The van der Waals surface area contributed by atoms with E-state index in [1.807, 2.05) is 12.4 Å². The number of imidazole rings is 1. The minimum atomic E-state index is 0.116. The van der Waals surface area contributed by atoms with Crippen LogP contribution >= 0.6 is 22.9 Å². The second kappa shape index (κ2) is 5.43. The highest BCUT2D eigenvalue weighted by molar-refractivity contribution is 7.16. The van der Waals surface area contributed by atoms with Crippen LogP contribution in [0.1, 0.15) is 31.3 Å². The van der Waals surface area contributed by atoms with Crippen LogP contribution in [0.15, 0.2) is 24.7 Å². The fourth-order valence-electron chi connectivity index (χ4n) is 1.56. The molecule has 2 aromatic rings. The molecule has 0 aliphatic carbocycles. The van der Waals surface area contributed by atoms with Crippen LogP contribution in [0.5, 0.6) is 0 Å². The first-order chi connectivity index (χ1) is 8.42. The Bertz CT molecular complexity index is 510. The van der Waals surface area contributed by atoms with E-state index in [1.165, 1.54) is 4.88 Å². The predicted octanol–water partition coefficient (Wildman–Crippen LogP) is 3.53. The zero-order chi connectivity index (χ0) is 13.2. The number of thiophene rings is 1. The van der Waals surface area contributed by atoms with Gasteiger partial charge in [-0.2, -0.15) is 0 Å². The van der Waals surface area contributed by atoms with Crippen LogP contribution < -0.4 is 5.32 Å². The lowest BCUT2D eigenvalue weighted by molar-refractivity contribution is 0.421. The first-order valence-electron chi connectivity index (χ1n) is 5.92. The standard InChI is InChI=1S/C13H18ClN3S/c1-13(2,3)16-6-10-7-17(9-15-10)8-11-4-5-12(14)18-11/h4-5,7,9,16H,6,8H2,1-3H3. The van der Waals surface area contributed by atoms with Crippen LogP contribution in [0.2, 0.25) is 4.34 Å². The minimum Gasteiger partial charge on any atom is -0.332 e. The Hall–Kier alpha value is -0.840. The summed E-state index contributed by atoms with van der Waals surface area (Å²) in [7, 11) is 0. The second-order valence-electron chi connectivity index (χ2n) is 5.35. The minimum absolute atomic E-state index is 0.116. The van der Waals surface area contributed by atoms with Gasteiger partial charge in [-0.25, -0.2) is 4.98 Å². The molecule has 0 spiro atoms. The molecule has 1 N–H and O–H groups in total. The van der Waals surface area contributed by atoms with Crippen molar-refractivity contribution in [3.63, 3.8) is 0 Å². The molecule has 2 aromatic heterocycles. The van der Waals surface area contributed by atoms with Gasteiger partial charge in [-0.15, -0.1) is 11.3 Å². The highest BCUT2D eigenvalue weighted by Crippen LogP contribution is 2.22. The van der Waals surface area contributed by atoms with Crippen molar-refractivity contribution in [1.29, 1.82) is 0 Å². The van der Waals surface area contributed by atoms with Gasteiger partial charge in [-0.3, -0.25) is 0 Å². The second-order valence-corrected chi connectivity index (χ2v) is 7.15. The number of halogens is 1. The molecule has 0 aliphatic rings. The molecule has 0 fully saturated rings. The maximum Gasteiger partial charge on any atom is 0.0953 e. The van der Waals surface area contributed by atoms with Crippen LogP contribution in [0, 0.1) is 0 Å². The fourth-order valence-corrected chi connectivity index (χ4v) is 2.65. The number of aromatic nitrogens is 2. The van der Waals surface area contributed by atoms with E-state index in [2.05, 4.69) is 47.9 Å². The Morgan fingerprint density at radius 2 is 2.17 bits per heavy atom. The summed E-state index contributed by atoms with van der Waals surface area (Å²) >= 11 is 7.53. The van der Waals surface area contributed by atoms with Crippen molar-refractivity contribution in [1.82, 2.24) is 14.9 Å². The maximum absolute atomic E-state index is 5.92. The lowest BCUT2D eigenvalue weighted by Crippen LogP contribution is -2.35. The van der Waals surface area contributed by atoms with Gasteiger partial charge in [0, 0.05) is 23.2 Å². The van der Waals surface area contributed by atoms with Crippen LogP contribution in [-0.4, -0.2) is 15.1 Å². The molecule has 0 radical (unpaired) electrons. The van der Waals surface area contributed by atoms with Gasteiger partial charge in [0.05, 0.1) is 22.9 Å². The summed E-state index contributed by atoms with van der Waals surface area (Å²) in [6.07, 6.45) is 3.94. The largest absolute Gasteiger partial charge is 0.332 e. The molecule has 3 nitrogen and oxygen atoms in total. The lowest BCUT2D eigenvalue weighted by atomic mass is 10.1. The summed E-state index contributed by atoms with van der Waals surface area (Å²) in [6, 6.07) is 3.99. The number of nitrogens with zero attached hydrogens (tertiary/aromatic N) is 2. The van der Waals surface area contributed by atoms with Gasteiger partial charge < -0.3 is 9.88 Å². The summed E-state index contributed by atoms with van der Waals surface area (Å²) in [5.74, 6) is 0. The van der Waals surface area contributed by atoms with Gasteiger partial charge in [0.2, 0.25) is 0 Å². The smallest absolute Gasteiger partial charge is 0.0953 e. The van der Waals surface area contributed by atoms with Gasteiger partial charge in [0.25, 0.3) is 0 Å². The van der Waals surface area contributed by atoms with Crippen LogP contribution in [0.4, 0.5) is 0 Å². The highest BCUT2D eigenvalue weighted by Gasteiger charge is 2.09. The van der Waals surface area contributed by atoms with Crippen molar-refractivity contribution in [2.45, 2.75) is 39.4 Å². The number of rotatable bonds is 4. The van der Waals surface area contributed by atoms with Crippen molar-refractivity contribution >= 4 is 22.9 Å². The third-order valence-electron chi connectivity index (χ3n) is 2.45. The summed E-state index contributed by atoms with van der Waals surface area (Å²) in [6.45, 7) is 8.08. The van der Waals surface area contributed by atoms with E-state index in [4.69, 9.17) is 11.6 Å². The van der Waals surface area contributed by atoms with Crippen molar-refractivity contribution in [2.75, 3.05) is 0 Å². The molecule has 0 amide bonds. The zero-order valence-electron chi connectivity index (χ0n) is 10.9. The predicted molar refractivity (Wildman–Crippen MR) is 77.3 cm³/mol. The van der Waals surface area contributed by atoms with Gasteiger partial charge in [0.15, 0.2) is 0 Å². The van der Waals surface area contributed by atoms with E-state index < -0.39 is 0 Å². The molecule has 18 heavy (non-hydrogen) atoms. The zero-order valence-corrected chi connectivity index (χ0v) is 12.5. The number of hydrogen-bond acceptors (Lipinski definition) is 3. The van der Waals surface area contributed by atoms with Gasteiger partial charge in [-0.05, 0) is 32.9 Å². The molecule has 2 heterocycles. The monoisotopic (exact) mass is 283 g/mol. The molecule has 5 heteroatoms. The lowest BCUT2D eigenvalue weighted by Gasteiger charge is -2.19. The fraction of sp³-hybridized carbons (Fsp3) is 0.462. The first kappa shape index (κ1) is 13.6. The molecule has 0 saturated heterocycles. The summed E-state index contributed by atoms with van der Waals surface area (Å²) < 4.78 is 2.92. The average Bonchev–Trinajstić information content (AvgIpc) is 2.85. The van der Waals surface area contributed by atoms with Crippen LogP contribution in [0.25, 0.3) is 0 Å². The van der Waals surface area contributed by atoms with Crippen LogP contribution in [0.3, 0.4) is 0 Å². The Balaban J connectivity index is 1.94. The van der Waals surface area contributed by atoms with E-state index in [0.29, 0.717) is 0 Å². The van der Waals surface area contributed by atoms with Gasteiger partial charge in [0.1, 0.15) is 0 Å². The normalized spacial score (nSPS) is 12.0. The Morgan fingerprint density at radius 3 is 2.78 bits per heavy atom. The number of hydrogen-bond donors (Lipinski definition) is 1. The molecule has 0 unspecified atom stereocenters. The molecule has 2 rings (SSSR count). The number of nitrogens with one attached hydrogen (secondary N) is 1. The summed E-state index contributed by atoms with van der Waals surface area (Å²) in [5.41, 5.74) is 1.18. The van der Waals surface area contributed by atoms with Crippen LogP contribution in [-0.2, 0) is 13.1 Å². The van der Waals surface area contributed by atoms with Crippen molar-refractivity contribution in [3.05, 3.63) is 39.6 Å². The molecule has 0 aromatic carbocycles. The molecule has 0 bridgehead atoms. The molecular weight excluding hydrogens is 266 g/mol. The summed E-state index contributed by atoms with van der Waals surface area (Å²) in [5, 5.41) is 3.43. The topological polar surface area (TPSA) is 29.9 Å². The van der Waals surface area contributed by atoms with Crippen molar-refractivity contribution in [3.8, 4) is 0 Å². The molecule has 0 aliphatic heterocycles. The highest BCUT2D eigenvalue weighted by atomic mass is 35.5. The molecule has 0 saturated carbocycles. The molecule has 98 valence electrons. The SMILES string of the molecule is CC(C)(C)NCc1cn(Cc2ccc(Cl)s2)cn1. The van der Waals surface area contributed by atoms with Crippen molar-refractivity contribution in [2.24, 2.45) is 0 Å². The molecule has 0 atom stereocenters. The van der Waals surface area contributed by atoms with E-state index in [1.54, 1.807) is 11.3 Å². The van der Waals surface area contributed by atoms with E-state index >= 15 is 0 Å². The summed E-state index contributed by atoms with van der Waals surface area (Å²) in [4.78, 5) is 5.64. The third-order valence-corrected chi connectivity index (χ3v) is 3.67. The quantitative estimate of drug-likeness (QED) is 0.930. The molecular formula is C13H18ClN3S. The average molecular weight is 284 g/mol. The van der Waals surface area contributed by atoms with Gasteiger partial charge in [-0.1, -0.05) is 11.6 Å². The van der Waals surface area contributed by atoms with E-state index in [0.717, 1.165) is 23.1 Å². The van der Waals surface area contributed by atoms with E-state index in [-0.39, 0.29) is 5.54 Å². The van der Waals surface area contributed by atoms with E-state index in [9.17, 15) is 0 Å². The maximum atomic E-state index is 5.92. The van der Waals surface area contributed by atoms with Crippen molar-refractivity contribution < 1.29 is 0 Å². The Morgan fingerprint density at radius 1 is 1.39 bits per heavy atom. The Labute approximate surface area is 117 Å². The first-order valence-corrected chi connectivity index (χ1v) is 7.12. The Kier molecular flexibility index (Phi) is 4.10. The van der Waals surface area contributed by atoms with Gasteiger partial charge >= 0.3 is 0 Å².